The topological polar surface area (TPSA) is 64.0 Å². The summed E-state index contributed by atoms with van der Waals surface area (Å²) in [6.07, 6.45) is 12.3. The van der Waals surface area contributed by atoms with Crippen molar-refractivity contribution in [3.05, 3.63) is 63.8 Å². The summed E-state index contributed by atoms with van der Waals surface area (Å²) in [6, 6.07) is 8.86. The Bertz CT molecular complexity index is 1540. The lowest BCUT2D eigenvalue weighted by molar-refractivity contribution is 0.220. The van der Waals surface area contributed by atoms with Gasteiger partial charge in [-0.05, 0) is 125 Å². The van der Waals surface area contributed by atoms with Crippen LogP contribution in [0.3, 0.4) is 0 Å². The average Bonchev–Trinajstić information content (AvgIpc) is 3.68. The Hall–Kier alpha value is -2.90. The second-order valence-electron chi connectivity index (χ2n) is 12.9. The van der Waals surface area contributed by atoms with Crippen LogP contribution in [0.15, 0.2) is 30.5 Å². The molecule has 2 unspecified atom stereocenters. The molecule has 1 aliphatic carbocycles. The first-order chi connectivity index (χ1) is 20.4. The summed E-state index contributed by atoms with van der Waals surface area (Å²) in [5.74, 6) is 3.81. The fourth-order valence-electron chi connectivity index (χ4n) is 6.31. The molecule has 0 N–H and O–H groups in total. The molecule has 1 aromatic carbocycles. The third-order valence-corrected chi connectivity index (χ3v) is 10.0. The zero-order valence-corrected chi connectivity index (χ0v) is 26.8. The van der Waals surface area contributed by atoms with Crippen molar-refractivity contribution in [1.82, 2.24) is 24.8 Å². The SMILES string of the molecule is CCCCc1nc2cc(-c3ccc4c(c3)CC(C)C(Cc3nc(CN(C)C)nc(C)c3CC3CC3)CCO4)cnc2s1. The highest BCUT2D eigenvalue weighted by Gasteiger charge is 2.28. The van der Waals surface area contributed by atoms with Crippen molar-refractivity contribution >= 4 is 21.7 Å². The molecule has 6 rings (SSSR count). The molecule has 0 spiro atoms. The maximum Gasteiger partial charge on any atom is 0.143 e. The molecular formula is C35H45N5OS. The number of hydrogen-bond donors (Lipinski definition) is 0. The Balaban J connectivity index is 1.23. The quantitative estimate of drug-likeness (QED) is 0.191. The summed E-state index contributed by atoms with van der Waals surface area (Å²) >= 11 is 1.73. The highest BCUT2D eigenvalue weighted by molar-refractivity contribution is 7.18. The lowest BCUT2D eigenvalue weighted by atomic mass is 9.81. The molecule has 3 aromatic heterocycles. The summed E-state index contributed by atoms with van der Waals surface area (Å²) in [7, 11) is 4.18. The van der Waals surface area contributed by atoms with Crippen molar-refractivity contribution in [2.45, 2.75) is 85.1 Å². The number of hydrogen-bond acceptors (Lipinski definition) is 7. The van der Waals surface area contributed by atoms with Crippen LogP contribution in [0.5, 0.6) is 5.75 Å². The molecule has 4 heterocycles. The number of benzene rings is 1. The zero-order chi connectivity index (χ0) is 29.2. The van der Waals surface area contributed by atoms with E-state index >= 15 is 0 Å². The smallest absolute Gasteiger partial charge is 0.143 e. The minimum Gasteiger partial charge on any atom is -0.493 e. The van der Waals surface area contributed by atoms with Gasteiger partial charge in [0, 0.05) is 23.1 Å². The van der Waals surface area contributed by atoms with E-state index in [0.29, 0.717) is 11.8 Å². The van der Waals surface area contributed by atoms with Crippen molar-refractivity contribution in [2.24, 2.45) is 17.8 Å². The monoisotopic (exact) mass is 583 g/mol. The molecule has 7 heteroatoms. The first-order valence-corrected chi connectivity index (χ1v) is 16.7. The highest BCUT2D eigenvalue weighted by Crippen LogP contribution is 2.37. The van der Waals surface area contributed by atoms with Crippen LogP contribution in [0.2, 0.25) is 0 Å². The van der Waals surface area contributed by atoms with E-state index in [1.165, 1.54) is 58.8 Å². The minimum absolute atomic E-state index is 0.510. The Morgan fingerprint density at radius 3 is 2.67 bits per heavy atom. The molecule has 42 heavy (non-hydrogen) atoms. The summed E-state index contributed by atoms with van der Waals surface area (Å²) < 4.78 is 6.39. The number of aryl methyl sites for hydroxylation is 2. The molecular weight excluding hydrogens is 538 g/mol. The highest BCUT2D eigenvalue weighted by atomic mass is 32.1. The molecule has 0 bridgehead atoms. The fraction of sp³-hybridized carbons (Fsp3) is 0.543. The minimum atomic E-state index is 0.510. The number of ether oxygens (including phenoxy) is 1. The third-order valence-electron chi connectivity index (χ3n) is 8.97. The van der Waals surface area contributed by atoms with E-state index in [4.69, 9.17) is 24.7 Å². The number of unbranched alkanes of at least 4 members (excludes halogenated alkanes) is 1. The summed E-state index contributed by atoms with van der Waals surface area (Å²) in [4.78, 5) is 22.9. The van der Waals surface area contributed by atoms with Gasteiger partial charge in [-0.3, -0.25) is 0 Å². The number of fused-ring (bicyclic) bond motifs is 2. The van der Waals surface area contributed by atoms with E-state index < -0.39 is 0 Å². The third kappa shape index (κ3) is 6.84. The Morgan fingerprint density at radius 1 is 1.02 bits per heavy atom. The van der Waals surface area contributed by atoms with Crippen LogP contribution >= 0.6 is 11.3 Å². The van der Waals surface area contributed by atoms with Gasteiger partial charge >= 0.3 is 0 Å². The van der Waals surface area contributed by atoms with Gasteiger partial charge in [0.1, 0.15) is 21.9 Å². The number of nitrogens with zero attached hydrogens (tertiary/aromatic N) is 5. The van der Waals surface area contributed by atoms with Gasteiger partial charge in [0.15, 0.2) is 0 Å². The van der Waals surface area contributed by atoms with Crippen molar-refractivity contribution in [1.29, 1.82) is 0 Å². The average molecular weight is 584 g/mol. The molecule has 1 aliphatic heterocycles. The van der Waals surface area contributed by atoms with Crippen molar-refractivity contribution in [2.75, 3.05) is 20.7 Å². The number of pyridine rings is 1. The lowest BCUT2D eigenvalue weighted by Crippen LogP contribution is -2.24. The molecule has 1 saturated carbocycles. The number of rotatable bonds is 10. The number of thiazole rings is 1. The van der Waals surface area contributed by atoms with Crippen molar-refractivity contribution in [3.63, 3.8) is 0 Å². The standard InChI is InChI=1S/C35H45N5OS/c1-6-7-8-34-39-31-19-28(20-36-35(31)42-34)26-11-12-32-27(17-26)15-22(2)25(13-14-41-32)18-30-29(16-24-9-10-24)23(3)37-33(38-30)21-40(4)5/h11-12,17,19-20,22,24-25H,6-10,13-16,18,21H2,1-5H3. The molecule has 2 atom stereocenters. The molecule has 0 radical (unpaired) electrons. The predicted octanol–water partition coefficient (Wildman–Crippen LogP) is 7.63. The Morgan fingerprint density at radius 2 is 1.88 bits per heavy atom. The number of aromatic nitrogens is 4. The Labute approximate surface area is 255 Å². The van der Waals surface area contributed by atoms with E-state index in [9.17, 15) is 0 Å². The molecule has 2 aliphatic rings. The lowest BCUT2D eigenvalue weighted by Gasteiger charge is -2.29. The fourth-order valence-corrected chi connectivity index (χ4v) is 7.23. The largest absolute Gasteiger partial charge is 0.493 e. The van der Waals surface area contributed by atoms with Gasteiger partial charge in [-0.25, -0.2) is 19.9 Å². The van der Waals surface area contributed by atoms with E-state index in [0.717, 1.165) is 78.7 Å². The van der Waals surface area contributed by atoms with Crippen LogP contribution in [0.4, 0.5) is 0 Å². The van der Waals surface area contributed by atoms with E-state index in [2.05, 4.69) is 64.0 Å². The van der Waals surface area contributed by atoms with Crippen LogP contribution in [0.25, 0.3) is 21.5 Å². The van der Waals surface area contributed by atoms with Crippen LogP contribution in [-0.2, 0) is 32.2 Å². The summed E-state index contributed by atoms with van der Waals surface area (Å²) in [5.41, 5.74) is 8.47. The van der Waals surface area contributed by atoms with E-state index in [1.807, 2.05) is 6.20 Å². The molecule has 1 fully saturated rings. The molecule has 6 nitrogen and oxygen atoms in total. The van der Waals surface area contributed by atoms with E-state index in [1.54, 1.807) is 11.3 Å². The van der Waals surface area contributed by atoms with E-state index in [-0.39, 0.29) is 0 Å². The van der Waals surface area contributed by atoms with Gasteiger partial charge in [-0.1, -0.05) is 37.7 Å². The normalized spacial score (nSPS) is 19.0. The van der Waals surface area contributed by atoms with Gasteiger partial charge < -0.3 is 9.64 Å². The predicted molar refractivity (Wildman–Crippen MR) is 172 cm³/mol. The zero-order valence-electron chi connectivity index (χ0n) is 25.9. The molecule has 222 valence electrons. The molecule has 0 saturated heterocycles. The van der Waals surface area contributed by atoms with Gasteiger partial charge in [-0.2, -0.15) is 0 Å². The van der Waals surface area contributed by atoms with Crippen molar-refractivity contribution < 1.29 is 4.74 Å². The second kappa shape index (κ2) is 12.8. The van der Waals surface area contributed by atoms with Gasteiger partial charge in [0.2, 0.25) is 0 Å². The van der Waals surface area contributed by atoms with Crippen LogP contribution in [0.1, 0.15) is 79.3 Å². The van der Waals surface area contributed by atoms with Crippen LogP contribution in [0, 0.1) is 24.7 Å². The van der Waals surface area contributed by atoms with Crippen LogP contribution in [-0.4, -0.2) is 45.5 Å². The van der Waals surface area contributed by atoms with Crippen LogP contribution < -0.4 is 4.74 Å². The second-order valence-corrected chi connectivity index (χ2v) is 14.0. The van der Waals surface area contributed by atoms with Gasteiger partial charge in [0.25, 0.3) is 0 Å². The Kier molecular flexibility index (Phi) is 8.87. The summed E-state index contributed by atoms with van der Waals surface area (Å²) in [6.45, 7) is 8.35. The summed E-state index contributed by atoms with van der Waals surface area (Å²) in [5, 5.41) is 1.19. The molecule has 4 aromatic rings. The van der Waals surface area contributed by atoms with Crippen molar-refractivity contribution in [3.8, 4) is 16.9 Å². The maximum absolute atomic E-state index is 6.39. The first kappa shape index (κ1) is 29.2. The molecule has 0 amide bonds. The maximum atomic E-state index is 6.39. The van der Waals surface area contributed by atoms with Gasteiger partial charge in [-0.15, -0.1) is 0 Å². The van der Waals surface area contributed by atoms with Gasteiger partial charge in [0.05, 0.1) is 18.2 Å². The first-order valence-electron chi connectivity index (χ1n) is 15.9.